The molecule has 0 aliphatic carbocycles. The molecular formula is C21H27N5O2. The van der Waals surface area contributed by atoms with Gasteiger partial charge in [-0.15, -0.1) is 0 Å². The standard InChI is InChI=1S/C21H27N5O2/c1-3-19(27)25-9-8-17-18(12-25)23-20(15-4-6-16(22)7-5-15)24-21(17)26-10-11-28-13-14(26)2/h4-7,14H,3,8-13,22H2,1-2H3/t14-/m0/s1. The van der Waals surface area contributed by atoms with Crippen molar-refractivity contribution in [3.63, 3.8) is 0 Å². The quantitative estimate of drug-likeness (QED) is 0.821. The van der Waals surface area contributed by atoms with Gasteiger partial charge < -0.3 is 20.3 Å². The van der Waals surface area contributed by atoms with Crippen LogP contribution in [0.1, 0.15) is 31.5 Å². The summed E-state index contributed by atoms with van der Waals surface area (Å²) in [5.41, 5.74) is 9.59. The molecule has 0 radical (unpaired) electrons. The molecule has 1 atom stereocenters. The van der Waals surface area contributed by atoms with Crippen LogP contribution in [0.4, 0.5) is 11.5 Å². The van der Waals surface area contributed by atoms with E-state index in [1.807, 2.05) is 36.1 Å². The lowest BCUT2D eigenvalue weighted by atomic mass is 10.0. The van der Waals surface area contributed by atoms with E-state index in [9.17, 15) is 4.79 Å². The first-order valence-electron chi connectivity index (χ1n) is 9.94. The predicted octanol–water partition coefficient (Wildman–Crippen LogP) is 2.25. The molecule has 1 saturated heterocycles. The number of morpholine rings is 1. The highest BCUT2D eigenvalue weighted by atomic mass is 16.5. The zero-order valence-corrected chi connectivity index (χ0v) is 16.5. The summed E-state index contributed by atoms with van der Waals surface area (Å²) in [5, 5.41) is 0. The minimum atomic E-state index is 0.166. The molecule has 1 aromatic carbocycles. The zero-order chi connectivity index (χ0) is 19.7. The topological polar surface area (TPSA) is 84.6 Å². The fraction of sp³-hybridized carbons (Fsp3) is 0.476. The second-order valence-electron chi connectivity index (χ2n) is 7.45. The minimum Gasteiger partial charge on any atom is -0.399 e. The fourth-order valence-corrected chi connectivity index (χ4v) is 3.89. The number of carbonyl (C=O) groups excluding carboxylic acids is 1. The number of fused-ring (bicyclic) bond motifs is 1. The summed E-state index contributed by atoms with van der Waals surface area (Å²) in [4.78, 5) is 26.3. The number of amides is 1. The molecule has 2 N–H and O–H groups in total. The molecule has 2 aromatic rings. The number of benzene rings is 1. The maximum Gasteiger partial charge on any atom is 0.222 e. The SMILES string of the molecule is CCC(=O)N1CCc2c(nc(-c3ccc(N)cc3)nc2N2CCOC[C@@H]2C)C1. The van der Waals surface area contributed by atoms with Gasteiger partial charge in [0, 0.05) is 36.3 Å². The maximum atomic E-state index is 12.2. The number of ether oxygens (including phenoxy) is 1. The van der Waals surface area contributed by atoms with Crippen LogP contribution in [-0.2, 0) is 22.5 Å². The van der Waals surface area contributed by atoms with Crippen LogP contribution in [0.3, 0.4) is 0 Å². The molecule has 1 aromatic heterocycles. The summed E-state index contributed by atoms with van der Waals surface area (Å²) in [7, 11) is 0. The van der Waals surface area contributed by atoms with Crippen LogP contribution in [0.2, 0.25) is 0 Å². The van der Waals surface area contributed by atoms with Crippen molar-refractivity contribution in [2.24, 2.45) is 0 Å². The van der Waals surface area contributed by atoms with Crippen LogP contribution in [0.25, 0.3) is 11.4 Å². The summed E-state index contributed by atoms with van der Waals surface area (Å²) >= 11 is 0. The van der Waals surface area contributed by atoms with Crippen molar-refractivity contribution in [2.45, 2.75) is 39.3 Å². The maximum absolute atomic E-state index is 12.2. The lowest BCUT2D eigenvalue weighted by molar-refractivity contribution is -0.131. The number of aromatic nitrogens is 2. The monoisotopic (exact) mass is 381 g/mol. The van der Waals surface area contributed by atoms with Gasteiger partial charge in [0.15, 0.2) is 5.82 Å². The van der Waals surface area contributed by atoms with E-state index >= 15 is 0 Å². The number of nitrogens with zero attached hydrogens (tertiary/aromatic N) is 4. The van der Waals surface area contributed by atoms with Crippen LogP contribution in [-0.4, -0.2) is 53.1 Å². The van der Waals surface area contributed by atoms with Gasteiger partial charge >= 0.3 is 0 Å². The van der Waals surface area contributed by atoms with Gasteiger partial charge in [-0.25, -0.2) is 9.97 Å². The third-order valence-corrected chi connectivity index (χ3v) is 5.51. The normalized spacial score (nSPS) is 19.4. The van der Waals surface area contributed by atoms with Gasteiger partial charge in [0.1, 0.15) is 5.82 Å². The van der Waals surface area contributed by atoms with Gasteiger partial charge in [-0.1, -0.05) is 6.92 Å². The zero-order valence-electron chi connectivity index (χ0n) is 16.5. The number of nitrogen functional groups attached to an aromatic ring is 1. The smallest absolute Gasteiger partial charge is 0.222 e. The molecule has 0 unspecified atom stereocenters. The summed E-state index contributed by atoms with van der Waals surface area (Å²) in [6, 6.07) is 7.87. The van der Waals surface area contributed by atoms with Gasteiger partial charge in [-0.05, 0) is 37.6 Å². The first-order chi connectivity index (χ1) is 13.6. The Morgan fingerprint density at radius 3 is 2.75 bits per heavy atom. The van der Waals surface area contributed by atoms with Crippen molar-refractivity contribution < 1.29 is 9.53 Å². The molecule has 7 heteroatoms. The van der Waals surface area contributed by atoms with Gasteiger partial charge in [0.25, 0.3) is 0 Å². The third kappa shape index (κ3) is 3.54. The largest absolute Gasteiger partial charge is 0.399 e. The Balaban J connectivity index is 1.79. The molecule has 4 rings (SSSR count). The molecule has 0 saturated carbocycles. The van der Waals surface area contributed by atoms with Gasteiger partial charge in [-0.2, -0.15) is 0 Å². The summed E-state index contributed by atoms with van der Waals surface area (Å²) in [6.45, 7) is 7.51. The molecule has 1 amide bonds. The summed E-state index contributed by atoms with van der Waals surface area (Å²) in [6.07, 6.45) is 1.29. The van der Waals surface area contributed by atoms with E-state index in [1.54, 1.807) is 0 Å². The molecule has 3 heterocycles. The summed E-state index contributed by atoms with van der Waals surface area (Å²) < 4.78 is 5.62. The molecule has 7 nitrogen and oxygen atoms in total. The predicted molar refractivity (Wildman–Crippen MR) is 109 cm³/mol. The lowest BCUT2D eigenvalue weighted by Gasteiger charge is -2.37. The lowest BCUT2D eigenvalue weighted by Crippen LogP contribution is -2.45. The van der Waals surface area contributed by atoms with Gasteiger partial charge in [0.2, 0.25) is 5.91 Å². The number of hydrogen-bond donors (Lipinski definition) is 1. The van der Waals surface area contributed by atoms with Crippen LogP contribution < -0.4 is 10.6 Å². The molecule has 2 aliphatic heterocycles. The van der Waals surface area contributed by atoms with Gasteiger partial charge in [-0.3, -0.25) is 4.79 Å². The van der Waals surface area contributed by atoms with E-state index in [1.165, 1.54) is 0 Å². The Morgan fingerprint density at radius 2 is 2.04 bits per heavy atom. The molecule has 0 spiro atoms. The summed E-state index contributed by atoms with van der Waals surface area (Å²) in [5.74, 6) is 1.83. The van der Waals surface area contributed by atoms with Gasteiger partial charge in [0.05, 0.1) is 31.5 Å². The van der Waals surface area contributed by atoms with E-state index in [0.717, 1.165) is 42.1 Å². The molecule has 148 valence electrons. The average molecular weight is 381 g/mol. The minimum absolute atomic E-state index is 0.166. The molecule has 1 fully saturated rings. The average Bonchev–Trinajstić information content (AvgIpc) is 2.73. The highest BCUT2D eigenvalue weighted by Crippen LogP contribution is 2.31. The Kier molecular flexibility index (Phi) is 5.17. The molecule has 28 heavy (non-hydrogen) atoms. The van der Waals surface area contributed by atoms with Crippen molar-refractivity contribution in [3.05, 3.63) is 35.5 Å². The highest BCUT2D eigenvalue weighted by molar-refractivity contribution is 5.76. The van der Waals surface area contributed by atoms with Crippen LogP contribution >= 0.6 is 0 Å². The number of rotatable bonds is 3. The fourth-order valence-electron chi connectivity index (χ4n) is 3.89. The number of carbonyl (C=O) groups is 1. The van der Waals surface area contributed by atoms with Crippen molar-refractivity contribution in [3.8, 4) is 11.4 Å². The second kappa shape index (κ2) is 7.75. The number of nitrogens with two attached hydrogens (primary N) is 1. The van der Waals surface area contributed by atoms with E-state index in [-0.39, 0.29) is 11.9 Å². The highest BCUT2D eigenvalue weighted by Gasteiger charge is 2.29. The number of anilines is 2. The van der Waals surface area contributed by atoms with Crippen LogP contribution in [0.15, 0.2) is 24.3 Å². The first-order valence-corrected chi connectivity index (χ1v) is 9.94. The van der Waals surface area contributed by atoms with E-state index in [4.69, 9.17) is 20.4 Å². The second-order valence-corrected chi connectivity index (χ2v) is 7.45. The van der Waals surface area contributed by atoms with Crippen LogP contribution in [0.5, 0.6) is 0 Å². The number of hydrogen-bond acceptors (Lipinski definition) is 6. The van der Waals surface area contributed by atoms with E-state index < -0.39 is 0 Å². The molecule has 0 bridgehead atoms. The van der Waals surface area contributed by atoms with Crippen molar-refractivity contribution in [1.82, 2.24) is 14.9 Å². The Labute approximate surface area is 165 Å². The van der Waals surface area contributed by atoms with Crippen molar-refractivity contribution in [2.75, 3.05) is 36.9 Å². The van der Waals surface area contributed by atoms with Crippen molar-refractivity contribution in [1.29, 1.82) is 0 Å². The Bertz CT molecular complexity index is 868. The Hall–Kier alpha value is -2.67. The first kappa shape index (κ1) is 18.7. The van der Waals surface area contributed by atoms with E-state index in [0.29, 0.717) is 37.7 Å². The third-order valence-electron chi connectivity index (χ3n) is 5.51. The van der Waals surface area contributed by atoms with Crippen molar-refractivity contribution >= 4 is 17.4 Å². The molecular weight excluding hydrogens is 354 g/mol. The van der Waals surface area contributed by atoms with Crippen LogP contribution in [0, 0.1) is 0 Å². The molecule has 2 aliphatic rings. The Morgan fingerprint density at radius 1 is 1.25 bits per heavy atom. The van der Waals surface area contributed by atoms with E-state index in [2.05, 4.69) is 11.8 Å².